The van der Waals surface area contributed by atoms with Gasteiger partial charge in [-0.25, -0.2) is 4.98 Å². The number of anilines is 1. The van der Waals surface area contributed by atoms with Crippen LogP contribution in [0.25, 0.3) is 0 Å². The number of aliphatic hydroxyl groups excluding tert-OH is 1. The van der Waals surface area contributed by atoms with Gasteiger partial charge in [-0.15, -0.1) is 24.0 Å². The predicted octanol–water partition coefficient (Wildman–Crippen LogP) is 1.92. The highest BCUT2D eigenvalue weighted by Gasteiger charge is 2.20. The van der Waals surface area contributed by atoms with Crippen molar-refractivity contribution in [1.29, 1.82) is 0 Å². The molecular formula is C19H27IN6O. The Labute approximate surface area is 177 Å². The Hall–Kier alpha value is -1.94. The summed E-state index contributed by atoms with van der Waals surface area (Å²) in [6.45, 7) is 6.71. The lowest BCUT2D eigenvalue weighted by molar-refractivity contribution is 0.186. The van der Waals surface area contributed by atoms with E-state index < -0.39 is 6.10 Å². The molecule has 27 heavy (non-hydrogen) atoms. The molecule has 0 spiro atoms. The van der Waals surface area contributed by atoms with Gasteiger partial charge in [0, 0.05) is 51.3 Å². The van der Waals surface area contributed by atoms with Gasteiger partial charge in [0.05, 0.1) is 12.6 Å². The fourth-order valence-corrected chi connectivity index (χ4v) is 2.98. The number of piperazine rings is 1. The van der Waals surface area contributed by atoms with Crippen molar-refractivity contribution in [2.24, 2.45) is 4.99 Å². The summed E-state index contributed by atoms with van der Waals surface area (Å²) in [5.41, 5.74) is 0.833. The maximum Gasteiger partial charge on any atom is 0.194 e. The van der Waals surface area contributed by atoms with Crippen LogP contribution in [0.15, 0.2) is 53.9 Å². The number of aliphatic hydroxyl groups is 1. The molecule has 1 aliphatic rings. The lowest BCUT2D eigenvalue weighted by Crippen LogP contribution is -2.52. The fourth-order valence-electron chi connectivity index (χ4n) is 2.98. The summed E-state index contributed by atoms with van der Waals surface area (Å²) in [6, 6.07) is 9.63. The molecule has 1 fully saturated rings. The number of aromatic nitrogens is 2. The number of rotatable bonds is 5. The third-order valence-corrected chi connectivity index (χ3v) is 4.39. The maximum absolute atomic E-state index is 10.3. The van der Waals surface area contributed by atoms with Crippen molar-refractivity contribution in [3.8, 4) is 0 Å². The third-order valence-electron chi connectivity index (χ3n) is 4.39. The molecule has 0 saturated carbocycles. The minimum Gasteiger partial charge on any atom is -0.386 e. The lowest BCUT2D eigenvalue weighted by atomic mass is 10.1. The Balaban J connectivity index is 0.00000261. The van der Waals surface area contributed by atoms with Gasteiger partial charge in [0.2, 0.25) is 0 Å². The summed E-state index contributed by atoms with van der Waals surface area (Å²) in [5.74, 6) is 1.86. The van der Waals surface area contributed by atoms with Crippen molar-refractivity contribution in [3.05, 3.63) is 54.5 Å². The molecule has 1 unspecified atom stereocenters. The highest BCUT2D eigenvalue weighted by molar-refractivity contribution is 14.0. The molecule has 0 amide bonds. The molecule has 3 rings (SSSR count). The Kier molecular flexibility index (Phi) is 8.73. The van der Waals surface area contributed by atoms with Gasteiger partial charge in [-0.3, -0.25) is 9.98 Å². The smallest absolute Gasteiger partial charge is 0.194 e. The van der Waals surface area contributed by atoms with Crippen LogP contribution < -0.4 is 10.2 Å². The van der Waals surface area contributed by atoms with Crippen LogP contribution in [0, 0.1) is 0 Å². The van der Waals surface area contributed by atoms with Crippen molar-refractivity contribution >= 4 is 35.8 Å². The Morgan fingerprint density at radius 2 is 1.89 bits per heavy atom. The minimum atomic E-state index is -0.624. The second-order valence-corrected chi connectivity index (χ2v) is 6.15. The van der Waals surface area contributed by atoms with E-state index in [1.165, 1.54) is 0 Å². The van der Waals surface area contributed by atoms with E-state index in [1.54, 1.807) is 12.4 Å². The van der Waals surface area contributed by atoms with Crippen LogP contribution in [0.3, 0.4) is 0 Å². The zero-order valence-corrected chi connectivity index (χ0v) is 17.9. The second-order valence-electron chi connectivity index (χ2n) is 6.15. The molecule has 2 N–H and O–H groups in total. The first-order chi connectivity index (χ1) is 12.8. The van der Waals surface area contributed by atoms with Crippen LogP contribution in [0.5, 0.6) is 0 Å². The van der Waals surface area contributed by atoms with Crippen LogP contribution in [0.2, 0.25) is 0 Å². The molecule has 8 heteroatoms. The van der Waals surface area contributed by atoms with Gasteiger partial charge in [0.25, 0.3) is 0 Å². The monoisotopic (exact) mass is 482 g/mol. The zero-order valence-electron chi connectivity index (χ0n) is 15.5. The number of nitrogens with one attached hydrogen (secondary N) is 1. The minimum absolute atomic E-state index is 0. The lowest BCUT2D eigenvalue weighted by Gasteiger charge is -2.37. The normalized spacial score (nSPS) is 15.9. The molecule has 1 aliphatic heterocycles. The number of guanidine groups is 1. The summed E-state index contributed by atoms with van der Waals surface area (Å²) in [7, 11) is 0. The van der Waals surface area contributed by atoms with Crippen molar-refractivity contribution in [3.63, 3.8) is 0 Å². The largest absolute Gasteiger partial charge is 0.386 e. The SMILES string of the molecule is CCNC(=NCC(O)c1ccncc1)N1CCN(c2ccccn2)CC1.I. The van der Waals surface area contributed by atoms with Crippen LogP contribution in [-0.4, -0.2) is 65.2 Å². The van der Waals surface area contributed by atoms with E-state index >= 15 is 0 Å². The van der Waals surface area contributed by atoms with Crippen molar-refractivity contribution < 1.29 is 5.11 Å². The Morgan fingerprint density at radius 3 is 2.52 bits per heavy atom. The fraction of sp³-hybridized carbons (Fsp3) is 0.421. The molecule has 1 atom stereocenters. The molecule has 3 heterocycles. The van der Waals surface area contributed by atoms with Gasteiger partial charge in [-0.1, -0.05) is 6.07 Å². The first kappa shape index (κ1) is 21.4. The number of hydrogen-bond acceptors (Lipinski definition) is 5. The Bertz CT molecular complexity index is 692. The van der Waals surface area contributed by atoms with Gasteiger partial charge in [-0.05, 0) is 36.8 Å². The average Bonchev–Trinajstić information content (AvgIpc) is 2.72. The molecule has 1 saturated heterocycles. The quantitative estimate of drug-likeness (QED) is 0.386. The first-order valence-corrected chi connectivity index (χ1v) is 9.05. The molecule has 2 aromatic heterocycles. The summed E-state index contributed by atoms with van der Waals surface area (Å²) in [5, 5.41) is 13.7. The third kappa shape index (κ3) is 6.03. The van der Waals surface area contributed by atoms with E-state index in [1.807, 2.05) is 36.5 Å². The number of pyridine rings is 2. The topological polar surface area (TPSA) is 76.9 Å². The van der Waals surface area contributed by atoms with Gasteiger partial charge >= 0.3 is 0 Å². The number of hydrogen-bond donors (Lipinski definition) is 2. The summed E-state index contributed by atoms with van der Waals surface area (Å²) in [4.78, 5) is 17.6. The summed E-state index contributed by atoms with van der Waals surface area (Å²) >= 11 is 0. The zero-order chi connectivity index (χ0) is 18.2. The molecule has 146 valence electrons. The second kappa shape index (κ2) is 11.0. The van der Waals surface area contributed by atoms with Gasteiger partial charge < -0.3 is 20.2 Å². The first-order valence-electron chi connectivity index (χ1n) is 9.05. The van der Waals surface area contributed by atoms with E-state index in [0.717, 1.165) is 50.1 Å². The molecule has 7 nitrogen and oxygen atoms in total. The number of nitrogens with zero attached hydrogens (tertiary/aromatic N) is 5. The van der Waals surface area contributed by atoms with Crippen molar-refractivity contribution in [1.82, 2.24) is 20.2 Å². The maximum atomic E-state index is 10.3. The Morgan fingerprint density at radius 1 is 1.15 bits per heavy atom. The van der Waals surface area contributed by atoms with E-state index in [2.05, 4.69) is 37.0 Å². The standard InChI is InChI=1S/C19H26N6O.HI/c1-2-21-19(23-15-17(26)16-6-9-20-10-7-16)25-13-11-24(12-14-25)18-5-3-4-8-22-18;/h3-10,17,26H,2,11-15H2,1H3,(H,21,23);1H. The van der Waals surface area contributed by atoms with Crippen LogP contribution in [0.4, 0.5) is 5.82 Å². The van der Waals surface area contributed by atoms with E-state index in [4.69, 9.17) is 0 Å². The van der Waals surface area contributed by atoms with Gasteiger partial charge in [0.15, 0.2) is 5.96 Å². The molecule has 0 aliphatic carbocycles. The summed E-state index contributed by atoms with van der Waals surface area (Å²) < 4.78 is 0. The van der Waals surface area contributed by atoms with Crippen molar-refractivity contribution in [2.45, 2.75) is 13.0 Å². The highest BCUT2D eigenvalue weighted by Crippen LogP contribution is 2.14. The molecule has 0 aromatic carbocycles. The van der Waals surface area contributed by atoms with Crippen LogP contribution in [0.1, 0.15) is 18.6 Å². The average molecular weight is 482 g/mol. The van der Waals surface area contributed by atoms with Gasteiger partial charge in [-0.2, -0.15) is 0 Å². The molecular weight excluding hydrogens is 455 g/mol. The van der Waals surface area contributed by atoms with Crippen LogP contribution >= 0.6 is 24.0 Å². The molecule has 2 aromatic rings. The number of halogens is 1. The number of aliphatic imine (C=N–C) groups is 1. The van der Waals surface area contributed by atoms with Crippen molar-refractivity contribution in [2.75, 3.05) is 44.2 Å². The molecule has 0 bridgehead atoms. The van der Waals surface area contributed by atoms with Crippen LogP contribution in [-0.2, 0) is 0 Å². The highest BCUT2D eigenvalue weighted by atomic mass is 127. The summed E-state index contributed by atoms with van der Waals surface area (Å²) in [6.07, 6.45) is 4.57. The van der Waals surface area contributed by atoms with Gasteiger partial charge in [0.1, 0.15) is 5.82 Å². The molecule has 0 radical (unpaired) electrons. The van der Waals surface area contributed by atoms with E-state index in [0.29, 0.717) is 6.54 Å². The predicted molar refractivity (Wildman–Crippen MR) is 119 cm³/mol. The van der Waals surface area contributed by atoms with E-state index in [-0.39, 0.29) is 24.0 Å². The van der Waals surface area contributed by atoms with E-state index in [9.17, 15) is 5.11 Å².